The average molecular weight is 312 g/mol. The maximum absolute atomic E-state index is 12.3. The van der Waals surface area contributed by atoms with E-state index in [-0.39, 0.29) is 10.9 Å². The molecule has 2 heterocycles. The van der Waals surface area contributed by atoms with Gasteiger partial charge in [0.2, 0.25) is 0 Å². The molecule has 0 fully saturated rings. The van der Waals surface area contributed by atoms with Crippen molar-refractivity contribution in [2.24, 2.45) is 0 Å². The Labute approximate surface area is 127 Å². The van der Waals surface area contributed by atoms with Crippen LogP contribution in [0.4, 0.5) is 0 Å². The number of carbonyl (C=O) groups excluding carboxylic acids is 1. The van der Waals surface area contributed by atoms with Gasteiger partial charge in [-0.2, -0.15) is 0 Å². The number of fused-ring (bicyclic) bond motifs is 1. The predicted molar refractivity (Wildman–Crippen MR) is 87.1 cm³/mol. The Morgan fingerprint density at radius 3 is 2.75 bits per heavy atom. The molecule has 0 bridgehead atoms. The summed E-state index contributed by atoms with van der Waals surface area (Å²) in [5, 5.41) is 2.23. The second-order valence-electron chi connectivity index (χ2n) is 6.93. The van der Waals surface area contributed by atoms with E-state index in [0.717, 1.165) is 17.8 Å². The summed E-state index contributed by atoms with van der Waals surface area (Å²) in [5.41, 5.74) is 1.21. The molecule has 112 valence electrons. The van der Waals surface area contributed by atoms with Gasteiger partial charge in [0.05, 0.1) is 11.5 Å². The minimum atomic E-state index is -1.71. The predicted octanol–water partition coefficient (Wildman–Crippen LogP) is 3.77. The zero-order valence-electron chi connectivity index (χ0n) is 13.2. The SMILES string of the molecule is CC(C)(C)[Si](C)(C)OCCN1CCc2ccsc2C1=O. The lowest BCUT2D eigenvalue weighted by Crippen LogP contribution is -2.44. The van der Waals surface area contributed by atoms with Gasteiger partial charge < -0.3 is 9.33 Å². The first kappa shape index (κ1) is 15.7. The van der Waals surface area contributed by atoms with Gasteiger partial charge in [-0.25, -0.2) is 0 Å². The summed E-state index contributed by atoms with van der Waals surface area (Å²) < 4.78 is 6.16. The molecular weight excluding hydrogens is 286 g/mol. The maximum Gasteiger partial charge on any atom is 0.264 e. The van der Waals surface area contributed by atoms with Crippen LogP contribution in [-0.2, 0) is 10.8 Å². The Morgan fingerprint density at radius 2 is 2.10 bits per heavy atom. The summed E-state index contributed by atoms with van der Waals surface area (Å²) in [7, 11) is -1.71. The molecule has 0 saturated carbocycles. The van der Waals surface area contributed by atoms with Crippen molar-refractivity contribution in [3.63, 3.8) is 0 Å². The van der Waals surface area contributed by atoms with E-state index in [9.17, 15) is 4.79 Å². The molecule has 1 aliphatic heterocycles. The fourth-order valence-corrected chi connectivity index (χ4v) is 4.02. The molecule has 0 radical (unpaired) electrons. The molecule has 0 aliphatic carbocycles. The highest BCUT2D eigenvalue weighted by Crippen LogP contribution is 2.36. The van der Waals surface area contributed by atoms with E-state index in [4.69, 9.17) is 4.43 Å². The fraction of sp³-hybridized carbons (Fsp3) is 0.667. The number of nitrogens with zero attached hydrogens (tertiary/aromatic N) is 1. The first-order valence-electron chi connectivity index (χ1n) is 7.22. The van der Waals surface area contributed by atoms with Crippen LogP contribution in [0.25, 0.3) is 0 Å². The lowest BCUT2D eigenvalue weighted by molar-refractivity contribution is 0.0715. The van der Waals surface area contributed by atoms with E-state index in [1.54, 1.807) is 11.3 Å². The lowest BCUT2D eigenvalue weighted by Gasteiger charge is -2.37. The molecule has 0 aromatic carbocycles. The Bertz CT molecular complexity index is 490. The smallest absolute Gasteiger partial charge is 0.264 e. The molecule has 0 atom stereocenters. The third-order valence-electron chi connectivity index (χ3n) is 4.51. The molecule has 3 nitrogen and oxygen atoms in total. The van der Waals surface area contributed by atoms with E-state index < -0.39 is 8.32 Å². The molecule has 1 amide bonds. The zero-order chi connectivity index (χ0) is 15.0. The van der Waals surface area contributed by atoms with Crippen molar-refractivity contribution in [2.75, 3.05) is 19.7 Å². The van der Waals surface area contributed by atoms with Crippen LogP contribution in [0.5, 0.6) is 0 Å². The number of thiophene rings is 1. The topological polar surface area (TPSA) is 29.5 Å². The largest absolute Gasteiger partial charge is 0.415 e. The normalized spacial score (nSPS) is 16.4. The van der Waals surface area contributed by atoms with Gasteiger partial charge in [0.15, 0.2) is 8.32 Å². The van der Waals surface area contributed by atoms with Gasteiger partial charge in [-0.05, 0) is 41.6 Å². The summed E-state index contributed by atoms with van der Waals surface area (Å²) >= 11 is 1.56. The molecule has 20 heavy (non-hydrogen) atoms. The number of amides is 1. The van der Waals surface area contributed by atoms with Crippen LogP contribution in [-0.4, -0.2) is 38.8 Å². The summed E-state index contributed by atoms with van der Waals surface area (Å²) in [6.07, 6.45) is 0.977. The van der Waals surface area contributed by atoms with E-state index in [2.05, 4.69) is 39.9 Å². The summed E-state index contributed by atoms with van der Waals surface area (Å²) in [4.78, 5) is 15.2. The highest BCUT2D eigenvalue weighted by atomic mass is 32.1. The third-order valence-corrected chi connectivity index (χ3v) is 9.99. The van der Waals surface area contributed by atoms with E-state index in [1.165, 1.54) is 5.56 Å². The molecule has 2 rings (SSSR count). The van der Waals surface area contributed by atoms with E-state index in [0.29, 0.717) is 13.2 Å². The minimum absolute atomic E-state index is 0.181. The standard InChI is InChI=1S/C15H25NO2SSi/c1-15(2,3)20(4,5)18-10-9-16-8-6-12-7-11-19-13(12)14(16)17/h7,11H,6,8-10H2,1-5H3. The van der Waals surface area contributed by atoms with Gasteiger partial charge in [-0.1, -0.05) is 20.8 Å². The van der Waals surface area contributed by atoms with Crippen LogP contribution in [0.1, 0.15) is 36.0 Å². The molecule has 5 heteroatoms. The van der Waals surface area contributed by atoms with Crippen molar-refractivity contribution in [3.05, 3.63) is 21.9 Å². The minimum Gasteiger partial charge on any atom is -0.415 e. The van der Waals surface area contributed by atoms with Crippen molar-refractivity contribution in [3.8, 4) is 0 Å². The van der Waals surface area contributed by atoms with Crippen molar-refractivity contribution in [2.45, 2.75) is 45.3 Å². The Morgan fingerprint density at radius 1 is 1.40 bits per heavy atom. The Balaban J connectivity index is 1.89. The van der Waals surface area contributed by atoms with Crippen LogP contribution in [0.2, 0.25) is 18.1 Å². The molecule has 0 saturated heterocycles. The van der Waals surface area contributed by atoms with Crippen LogP contribution in [0.15, 0.2) is 11.4 Å². The molecule has 1 aliphatic rings. The van der Waals surface area contributed by atoms with Gasteiger partial charge in [-0.3, -0.25) is 4.79 Å². The van der Waals surface area contributed by atoms with Gasteiger partial charge >= 0.3 is 0 Å². The molecule has 1 aromatic heterocycles. The monoisotopic (exact) mass is 311 g/mol. The highest BCUT2D eigenvalue weighted by molar-refractivity contribution is 7.12. The van der Waals surface area contributed by atoms with E-state index >= 15 is 0 Å². The Kier molecular flexibility index (Phi) is 4.42. The van der Waals surface area contributed by atoms with Gasteiger partial charge in [0, 0.05) is 13.1 Å². The second kappa shape index (κ2) is 5.62. The van der Waals surface area contributed by atoms with Gasteiger partial charge in [0.1, 0.15) is 0 Å². The quantitative estimate of drug-likeness (QED) is 0.792. The first-order valence-corrected chi connectivity index (χ1v) is 11.0. The van der Waals surface area contributed by atoms with Gasteiger partial charge in [0.25, 0.3) is 5.91 Å². The van der Waals surface area contributed by atoms with Crippen LogP contribution in [0, 0.1) is 0 Å². The summed E-state index contributed by atoms with van der Waals surface area (Å²) in [5.74, 6) is 0.181. The van der Waals surface area contributed by atoms with Crippen LogP contribution >= 0.6 is 11.3 Å². The Hall–Kier alpha value is -0.653. The van der Waals surface area contributed by atoms with Crippen molar-refractivity contribution in [1.29, 1.82) is 0 Å². The highest BCUT2D eigenvalue weighted by Gasteiger charge is 2.37. The molecule has 0 unspecified atom stereocenters. The van der Waals surface area contributed by atoms with Crippen molar-refractivity contribution >= 4 is 25.6 Å². The number of hydrogen-bond acceptors (Lipinski definition) is 3. The first-order chi connectivity index (χ1) is 9.22. The fourth-order valence-electron chi connectivity index (χ4n) is 2.06. The molecule has 0 spiro atoms. The molecular formula is C15H25NO2SSi. The molecule has 1 aromatic rings. The number of carbonyl (C=O) groups is 1. The molecule has 0 N–H and O–H groups in total. The summed E-state index contributed by atoms with van der Waals surface area (Å²) in [6.45, 7) is 13.4. The van der Waals surface area contributed by atoms with Crippen LogP contribution < -0.4 is 0 Å². The van der Waals surface area contributed by atoms with Crippen molar-refractivity contribution < 1.29 is 9.22 Å². The number of hydrogen-bond donors (Lipinski definition) is 0. The van der Waals surface area contributed by atoms with E-state index in [1.807, 2.05) is 10.3 Å². The third kappa shape index (κ3) is 3.15. The van der Waals surface area contributed by atoms with Crippen molar-refractivity contribution in [1.82, 2.24) is 4.90 Å². The lowest BCUT2D eigenvalue weighted by atomic mass is 10.1. The van der Waals surface area contributed by atoms with Crippen LogP contribution in [0.3, 0.4) is 0 Å². The average Bonchev–Trinajstić information content (AvgIpc) is 2.79. The van der Waals surface area contributed by atoms with Gasteiger partial charge in [-0.15, -0.1) is 11.3 Å². The zero-order valence-corrected chi connectivity index (χ0v) is 15.0. The second-order valence-corrected chi connectivity index (χ2v) is 12.7. The number of rotatable bonds is 4. The summed E-state index contributed by atoms with van der Waals surface area (Å²) in [6, 6.07) is 2.07. The maximum atomic E-state index is 12.3.